The molecule has 5 nitrogen and oxygen atoms in total. The molecule has 0 aliphatic heterocycles. The number of aryl methyl sites for hydroxylation is 1. The third-order valence-electron chi connectivity index (χ3n) is 3.31. The van der Waals surface area contributed by atoms with Gasteiger partial charge >= 0.3 is 0 Å². The summed E-state index contributed by atoms with van der Waals surface area (Å²) in [6.45, 7) is 2.54. The monoisotopic (exact) mass is 298 g/mol. The lowest BCUT2D eigenvalue weighted by atomic mass is 10.1. The Labute approximate surface area is 128 Å². The van der Waals surface area contributed by atoms with Crippen molar-refractivity contribution in [2.45, 2.75) is 13.3 Å². The van der Waals surface area contributed by atoms with Gasteiger partial charge < -0.3 is 5.32 Å². The number of hydroxylamine groups is 1. The first-order chi connectivity index (χ1) is 10.6. The highest BCUT2D eigenvalue weighted by atomic mass is 16.5. The van der Waals surface area contributed by atoms with Crippen LogP contribution in [0.1, 0.15) is 31.8 Å². The molecule has 3 N–H and O–H groups in total. The lowest BCUT2D eigenvalue weighted by Crippen LogP contribution is -2.26. The van der Waals surface area contributed by atoms with Gasteiger partial charge in [-0.3, -0.25) is 14.8 Å². The quantitative estimate of drug-likeness (QED) is 0.584. The SMILES string of the molecule is Cc1ccc(CCNC(=O)c2cccc(C(=O)NO)c2)cc1. The van der Waals surface area contributed by atoms with Crippen LogP contribution in [0.5, 0.6) is 0 Å². The number of nitrogens with one attached hydrogen (secondary N) is 2. The van der Waals surface area contributed by atoms with Crippen LogP contribution in [0.25, 0.3) is 0 Å². The third-order valence-corrected chi connectivity index (χ3v) is 3.31. The number of rotatable bonds is 5. The smallest absolute Gasteiger partial charge is 0.274 e. The number of amides is 2. The van der Waals surface area contributed by atoms with Crippen LogP contribution < -0.4 is 10.8 Å². The highest BCUT2D eigenvalue weighted by molar-refractivity contribution is 5.99. The molecular weight excluding hydrogens is 280 g/mol. The summed E-state index contributed by atoms with van der Waals surface area (Å²) in [6, 6.07) is 14.3. The summed E-state index contributed by atoms with van der Waals surface area (Å²) in [5.41, 5.74) is 4.51. The molecular formula is C17H18N2O3. The standard InChI is InChI=1S/C17H18N2O3/c1-12-5-7-13(8-6-12)9-10-18-16(20)14-3-2-4-15(11-14)17(21)19-22/h2-8,11,22H,9-10H2,1H3,(H,18,20)(H,19,21). The summed E-state index contributed by atoms with van der Waals surface area (Å²) in [5.74, 6) is -0.894. The molecule has 0 heterocycles. The Morgan fingerprint density at radius 3 is 2.27 bits per heavy atom. The van der Waals surface area contributed by atoms with Crippen molar-refractivity contribution in [3.05, 3.63) is 70.8 Å². The van der Waals surface area contributed by atoms with Gasteiger partial charge in [0.05, 0.1) is 0 Å². The zero-order chi connectivity index (χ0) is 15.9. The van der Waals surface area contributed by atoms with E-state index in [4.69, 9.17) is 5.21 Å². The molecule has 0 aliphatic rings. The van der Waals surface area contributed by atoms with E-state index in [-0.39, 0.29) is 11.5 Å². The second-order valence-corrected chi connectivity index (χ2v) is 5.01. The average Bonchev–Trinajstić information content (AvgIpc) is 2.56. The van der Waals surface area contributed by atoms with Gasteiger partial charge in [0, 0.05) is 17.7 Å². The maximum absolute atomic E-state index is 12.0. The Morgan fingerprint density at radius 1 is 1.00 bits per heavy atom. The van der Waals surface area contributed by atoms with E-state index in [0.29, 0.717) is 12.1 Å². The Hall–Kier alpha value is -2.66. The Bertz CT molecular complexity index is 666. The summed E-state index contributed by atoms with van der Waals surface area (Å²) in [7, 11) is 0. The summed E-state index contributed by atoms with van der Waals surface area (Å²) in [6.07, 6.45) is 0.739. The van der Waals surface area contributed by atoms with Crippen LogP contribution in [0.2, 0.25) is 0 Å². The van der Waals surface area contributed by atoms with Crippen LogP contribution in [0, 0.1) is 6.92 Å². The van der Waals surface area contributed by atoms with Crippen LogP contribution in [-0.2, 0) is 6.42 Å². The van der Waals surface area contributed by atoms with Crippen molar-refractivity contribution in [1.29, 1.82) is 0 Å². The van der Waals surface area contributed by atoms with Crippen LogP contribution in [0.3, 0.4) is 0 Å². The summed E-state index contributed by atoms with van der Waals surface area (Å²) in [5, 5.41) is 11.4. The molecule has 0 saturated heterocycles. The molecule has 2 aromatic rings. The fourth-order valence-corrected chi connectivity index (χ4v) is 2.04. The second-order valence-electron chi connectivity index (χ2n) is 5.01. The molecule has 5 heteroatoms. The molecule has 0 saturated carbocycles. The minimum Gasteiger partial charge on any atom is -0.352 e. The number of carbonyl (C=O) groups excluding carboxylic acids is 2. The minimum absolute atomic E-state index is 0.230. The lowest BCUT2D eigenvalue weighted by Gasteiger charge is -2.07. The maximum atomic E-state index is 12.0. The van der Waals surface area contributed by atoms with Gasteiger partial charge in [0.1, 0.15) is 0 Å². The Balaban J connectivity index is 1.92. The van der Waals surface area contributed by atoms with Crippen molar-refractivity contribution < 1.29 is 14.8 Å². The maximum Gasteiger partial charge on any atom is 0.274 e. The molecule has 22 heavy (non-hydrogen) atoms. The van der Waals surface area contributed by atoms with E-state index in [9.17, 15) is 9.59 Å². The molecule has 0 radical (unpaired) electrons. The second kappa shape index (κ2) is 7.38. The molecule has 0 spiro atoms. The predicted octanol–water partition coefficient (Wildman–Crippen LogP) is 2.09. The van der Waals surface area contributed by atoms with Crippen molar-refractivity contribution in [3.8, 4) is 0 Å². The number of hydrogen-bond donors (Lipinski definition) is 3. The first kappa shape index (κ1) is 15.7. The molecule has 2 amide bonds. The van der Waals surface area contributed by atoms with Crippen LogP contribution >= 0.6 is 0 Å². The highest BCUT2D eigenvalue weighted by Gasteiger charge is 2.09. The molecule has 0 aromatic heterocycles. The largest absolute Gasteiger partial charge is 0.352 e. The van der Waals surface area contributed by atoms with Crippen molar-refractivity contribution in [1.82, 2.24) is 10.8 Å². The Morgan fingerprint density at radius 2 is 1.64 bits per heavy atom. The van der Waals surface area contributed by atoms with Gasteiger partial charge in [-0.2, -0.15) is 0 Å². The van der Waals surface area contributed by atoms with E-state index < -0.39 is 5.91 Å². The normalized spacial score (nSPS) is 10.1. The molecule has 0 bridgehead atoms. The van der Waals surface area contributed by atoms with Crippen molar-refractivity contribution in [2.75, 3.05) is 6.54 Å². The van der Waals surface area contributed by atoms with Crippen LogP contribution in [-0.4, -0.2) is 23.6 Å². The molecule has 114 valence electrons. The van der Waals surface area contributed by atoms with Gasteiger partial charge in [-0.05, 0) is 37.1 Å². The highest BCUT2D eigenvalue weighted by Crippen LogP contribution is 2.06. The zero-order valence-electron chi connectivity index (χ0n) is 12.3. The molecule has 2 rings (SSSR count). The topological polar surface area (TPSA) is 78.4 Å². The van der Waals surface area contributed by atoms with E-state index in [1.165, 1.54) is 17.7 Å². The third kappa shape index (κ3) is 4.17. The molecule has 0 aliphatic carbocycles. The molecule has 0 fully saturated rings. The van der Waals surface area contributed by atoms with Gasteiger partial charge in [0.2, 0.25) is 0 Å². The number of carbonyl (C=O) groups is 2. The predicted molar refractivity (Wildman–Crippen MR) is 82.9 cm³/mol. The molecule has 0 atom stereocenters. The van der Waals surface area contributed by atoms with Crippen molar-refractivity contribution in [2.24, 2.45) is 0 Å². The van der Waals surface area contributed by atoms with Crippen molar-refractivity contribution >= 4 is 11.8 Å². The van der Waals surface area contributed by atoms with Gasteiger partial charge in [0.15, 0.2) is 0 Å². The number of hydrogen-bond acceptors (Lipinski definition) is 3. The van der Waals surface area contributed by atoms with E-state index >= 15 is 0 Å². The first-order valence-corrected chi connectivity index (χ1v) is 6.98. The fourth-order valence-electron chi connectivity index (χ4n) is 2.04. The average molecular weight is 298 g/mol. The molecule has 2 aromatic carbocycles. The molecule has 0 unspecified atom stereocenters. The zero-order valence-corrected chi connectivity index (χ0v) is 12.3. The van der Waals surface area contributed by atoms with Gasteiger partial charge in [-0.25, -0.2) is 5.48 Å². The summed E-state index contributed by atoms with van der Waals surface area (Å²) in [4.78, 5) is 23.4. The minimum atomic E-state index is -0.644. The number of benzene rings is 2. The Kier molecular flexibility index (Phi) is 5.27. The van der Waals surface area contributed by atoms with E-state index in [0.717, 1.165) is 12.0 Å². The van der Waals surface area contributed by atoms with Crippen LogP contribution in [0.15, 0.2) is 48.5 Å². The summed E-state index contributed by atoms with van der Waals surface area (Å²) >= 11 is 0. The van der Waals surface area contributed by atoms with E-state index in [2.05, 4.69) is 5.32 Å². The fraction of sp³-hybridized carbons (Fsp3) is 0.176. The van der Waals surface area contributed by atoms with Crippen molar-refractivity contribution in [3.63, 3.8) is 0 Å². The van der Waals surface area contributed by atoms with Gasteiger partial charge in [-0.1, -0.05) is 35.9 Å². The lowest BCUT2D eigenvalue weighted by molar-refractivity contribution is 0.0706. The van der Waals surface area contributed by atoms with Crippen LogP contribution in [0.4, 0.5) is 0 Å². The van der Waals surface area contributed by atoms with E-state index in [1.54, 1.807) is 17.6 Å². The van der Waals surface area contributed by atoms with Gasteiger partial charge in [-0.15, -0.1) is 0 Å². The van der Waals surface area contributed by atoms with Gasteiger partial charge in [0.25, 0.3) is 11.8 Å². The first-order valence-electron chi connectivity index (χ1n) is 6.98. The summed E-state index contributed by atoms with van der Waals surface area (Å²) < 4.78 is 0. The van der Waals surface area contributed by atoms with E-state index in [1.807, 2.05) is 31.2 Å².